The van der Waals surface area contributed by atoms with Crippen molar-refractivity contribution in [2.75, 3.05) is 19.7 Å². The first-order valence-corrected chi connectivity index (χ1v) is 6.81. The zero-order valence-corrected chi connectivity index (χ0v) is 12.2. The Morgan fingerprint density at radius 2 is 2.05 bits per heavy atom. The molecule has 0 aliphatic carbocycles. The molecule has 1 aromatic heterocycles. The summed E-state index contributed by atoms with van der Waals surface area (Å²) in [6, 6.07) is 2.14. The van der Waals surface area contributed by atoms with Gasteiger partial charge in [0.05, 0.1) is 6.61 Å². The summed E-state index contributed by atoms with van der Waals surface area (Å²) in [6.07, 6.45) is -1.37. The number of morpholine rings is 1. The standard InChI is InChI=1S/C11H13BCl2F2N2O2/c1-12(19)18-2-3-20-8(6-18)11(15,16)7-4-9(13)17-10(14)5-7/h4-5,8,19H,2-3,6H2,1H3/t8-/m0/s1. The van der Waals surface area contributed by atoms with E-state index in [1.807, 2.05) is 0 Å². The van der Waals surface area contributed by atoms with E-state index >= 15 is 0 Å². The number of rotatable bonds is 3. The number of aromatic nitrogens is 1. The van der Waals surface area contributed by atoms with E-state index < -0.39 is 19.1 Å². The molecule has 0 spiro atoms. The Hall–Kier alpha value is -0.465. The van der Waals surface area contributed by atoms with Crippen LogP contribution in [0.25, 0.3) is 0 Å². The first-order chi connectivity index (χ1) is 9.30. The molecule has 1 fully saturated rings. The van der Waals surface area contributed by atoms with E-state index in [-0.39, 0.29) is 29.0 Å². The number of nitrogens with zero attached hydrogens (tertiary/aromatic N) is 2. The normalized spacial score (nSPS) is 21.0. The van der Waals surface area contributed by atoms with Crippen LogP contribution < -0.4 is 0 Å². The van der Waals surface area contributed by atoms with E-state index in [1.54, 1.807) is 0 Å². The summed E-state index contributed by atoms with van der Waals surface area (Å²) in [5.41, 5.74) is -0.347. The van der Waals surface area contributed by atoms with Gasteiger partial charge in [0.15, 0.2) is 0 Å². The largest absolute Gasteiger partial charge is 0.437 e. The topological polar surface area (TPSA) is 45.6 Å². The Balaban J connectivity index is 2.24. The maximum absolute atomic E-state index is 14.5. The van der Waals surface area contributed by atoms with Crippen molar-refractivity contribution in [2.45, 2.75) is 18.8 Å². The van der Waals surface area contributed by atoms with Crippen LogP contribution in [0.5, 0.6) is 0 Å². The second-order valence-corrected chi connectivity index (χ2v) is 5.38. The van der Waals surface area contributed by atoms with Crippen molar-refractivity contribution in [2.24, 2.45) is 0 Å². The number of alkyl halides is 2. The highest BCUT2D eigenvalue weighted by molar-refractivity contribution is 6.45. The minimum atomic E-state index is -3.27. The lowest BCUT2D eigenvalue weighted by Gasteiger charge is -2.37. The van der Waals surface area contributed by atoms with Gasteiger partial charge in [0.2, 0.25) is 0 Å². The Kier molecular flexibility index (Phi) is 4.86. The highest BCUT2D eigenvalue weighted by atomic mass is 35.5. The third-order valence-corrected chi connectivity index (χ3v) is 3.57. The molecule has 1 saturated heterocycles. The van der Waals surface area contributed by atoms with Gasteiger partial charge < -0.3 is 14.6 Å². The molecular formula is C11H13BCl2F2N2O2. The highest BCUT2D eigenvalue weighted by Crippen LogP contribution is 2.37. The number of hydrogen-bond donors (Lipinski definition) is 1. The monoisotopic (exact) mass is 324 g/mol. The van der Waals surface area contributed by atoms with Crippen molar-refractivity contribution in [3.63, 3.8) is 0 Å². The third-order valence-electron chi connectivity index (χ3n) is 3.18. The predicted molar refractivity (Wildman–Crippen MR) is 73.3 cm³/mol. The van der Waals surface area contributed by atoms with Gasteiger partial charge in [0.1, 0.15) is 16.4 Å². The lowest BCUT2D eigenvalue weighted by molar-refractivity contribution is -0.164. The van der Waals surface area contributed by atoms with Crippen molar-refractivity contribution in [3.05, 3.63) is 28.0 Å². The van der Waals surface area contributed by atoms with Crippen molar-refractivity contribution >= 4 is 30.3 Å². The van der Waals surface area contributed by atoms with Gasteiger partial charge in [0.25, 0.3) is 5.92 Å². The molecule has 0 amide bonds. The van der Waals surface area contributed by atoms with E-state index in [4.69, 9.17) is 27.9 Å². The summed E-state index contributed by atoms with van der Waals surface area (Å²) in [7, 11) is -0.804. The lowest BCUT2D eigenvalue weighted by atomic mass is 9.83. The summed E-state index contributed by atoms with van der Waals surface area (Å²) < 4.78 is 34.1. The van der Waals surface area contributed by atoms with E-state index in [2.05, 4.69) is 4.98 Å². The molecule has 1 N–H and O–H groups in total. The number of halogens is 4. The van der Waals surface area contributed by atoms with Gasteiger partial charge in [-0.05, 0) is 19.0 Å². The van der Waals surface area contributed by atoms with Gasteiger partial charge >= 0.3 is 7.05 Å². The van der Waals surface area contributed by atoms with Crippen LogP contribution in [0.2, 0.25) is 17.1 Å². The maximum atomic E-state index is 14.5. The van der Waals surface area contributed by atoms with Gasteiger partial charge in [-0.2, -0.15) is 8.78 Å². The molecule has 2 heterocycles. The Labute approximate surface area is 125 Å². The quantitative estimate of drug-likeness (QED) is 0.684. The summed E-state index contributed by atoms with van der Waals surface area (Å²) >= 11 is 11.3. The molecule has 110 valence electrons. The molecule has 0 aromatic carbocycles. The molecule has 2 rings (SSSR count). The second kappa shape index (κ2) is 6.11. The minimum Gasteiger partial charge on any atom is -0.437 e. The molecule has 0 unspecified atom stereocenters. The number of hydrogen-bond acceptors (Lipinski definition) is 4. The summed E-state index contributed by atoms with van der Waals surface area (Å²) in [4.78, 5) is 5.16. The van der Waals surface area contributed by atoms with Crippen LogP contribution in [0.1, 0.15) is 5.56 Å². The van der Waals surface area contributed by atoms with Gasteiger partial charge in [0, 0.05) is 18.7 Å². The van der Waals surface area contributed by atoms with Crippen LogP contribution in [0.15, 0.2) is 12.1 Å². The third kappa shape index (κ3) is 3.40. The molecule has 0 saturated carbocycles. The van der Waals surface area contributed by atoms with Crippen molar-refractivity contribution in [3.8, 4) is 0 Å². The van der Waals surface area contributed by atoms with Crippen LogP contribution in [0.4, 0.5) is 8.78 Å². The molecule has 1 atom stereocenters. The molecule has 9 heteroatoms. The fraction of sp³-hybridized carbons (Fsp3) is 0.545. The van der Waals surface area contributed by atoms with Crippen LogP contribution >= 0.6 is 23.2 Å². The molecule has 0 bridgehead atoms. The van der Waals surface area contributed by atoms with E-state index in [9.17, 15) is 13.8 Å². The molecule has 4 nitrogen and oxygen atoms in total. The molecule has 1 aromatic rings. The molecule has 20 heavy (non-hydrogen) atoms. The Morgan fingerprint density at radius 1 is 1.45 bits per heavy atom. The highest BCUT2D eigenvalue weighted by Gasteiger charge is 2.45. The van der Waals surface area contributed by atoms with Gasteiger partial charge in [-0.1, -0.05) is 23.2 Å². The van der Waals surface area contributed by atoms with Crippen molar-refractivity contribution < 1.29 is 18.5 Å². The van der Waals surface area contributed by atoms with Crippen LogP contribution in [0.3, 0.4) is 0 Å². The number of pyridine rings is 1. The van der Waals surface area contributed by atoms with Crippen LogP contribution in [-0.2, 0) is 10.7 Å². The van der Waals surface area contributed by atoms with Crippen molar-refractivity contribution in [1.29, 1.82) is 0 Å². The Morgan fingerprint density at radius 3 is 2.60 bits per heavy atom. The minimum absolute atomic E-state index is 0.0811. The maximum Gasteiger partial charge on any atom is 0.376 e. The number of ether oxygens (including phenoxy) is 1. The van der Waals surface area contributed by atoms with E-state index in [1.165, 1.54) is 11.6 Å². The van der Waals surface area contributed by atoms with Gasteiger partial charge in [-0.15, -0.1) is 0 Å². The first-order valence-electron chi connectivity index (χ1n) is 6.06. The fourth-order valence-corrected chi connectivity index (χ4v) is 2.53. The van der Waals surface area contributed by atoms with Gasteiger partial charge in [-0.3, -0.25) is 0 Å². The lowest BCUT2D eigenvalue weighted by Crippen LogP contribution is -2.53. The van der Waals surface area contributed by atoms with E-state index in [0.29, 0.717) is 6.54 Å². The smallest absolute Gasteiger partial charge is 0.376 e. The fourth-order valence-electron chi connectivity index (χ4n) is 2.07. The average molecular weight is 325 g/mol. The summed E-state index contributed by atoms with van der Waals surface area (Å²) in [6.45, 7) is 1.97. The molecule has 1 aliphatic heterocycles. The van der Waals surface area contributed by atoms with Crippen LogP contribution in [0, 0.1) is 0 Å². The molecular weight excluding hydrogens is 312 g/mol. The van der Waals surface area contributed by atoms with Crippen molar-refractivity contribution in [1.82, 2.24) is 9.79 Å². The first kappa shape index (κ1) is 15.9. The molecule has 0 radical (unpaired) electrons. The summed E-state index contributed by atoms with van der Waals surface area (Å²) in [5.74, 6) is -3.27. The SMILES string of the molecule is CB(O)N1CCO[C@H](C(F)(F)c2cc(Cl)nc(Cl)c2)C1. The Bertz CT molecular complexity index is 473. The summed E-state index contributed by atoms with van der Waals surface area (Å²) in [5, 5.41) is 9.29. The predicted octanol–water partition coefficient (Wildman–Crippen LogP) is 2.29. The zero-order chi connectivity index (χ0) is 14.9. The van der Waals surface area contributed by atoms with Crippen LogP contribution in [-0.4, -0.2) is 47.7 Å². The zero-order valence-electron chi connectivity index (χ0n) is 10.7. The van der Waals surface area contributed by atoms with E-state index in [0.717, 1.165) is 12.1 Å². The molecule has 1 aliphatic rings. The van der Waals surface area contributed by atoms with Gasteiger partial charge in [-0.25, -0.2) is 4.98 Å². The average Bonchev–Trinajstić information content (AvgIpc) is 2.37. The second-order valence-electron chi connectivity index (χ2n) is 4.61.